The number of amides is 5. The Morgan fingerprint density at radius 2 is 1.84 bits per heavy atom. The van der Waals surface area contributed by atoms with Crippen molar-refractivity contribution in [3.63, 3.8) is 0 Å². The lowest BCUT2D eigenvalue weighted by atomic mass is 9.84. The molecule has 372 valence electrons. The number of aryl methyl sites for hydroxylation is 1. The van der Waals surface area contributed by atoms with Crippen molar-refractivity contribution in [3.05, 3.63) is 70.8 Å². The van der Waals surface area contributed by atoms with Crippen molar-refractivity contribution in [2.24, 2.45) is 11.3 Å². The van der Waals surface area contributed by atoms with Crippen LogP contribution in [0.5, 0.6) is 0 Å². The Morgan fingerprint density at radius 3 is 2.49 bits per heavy atom. The van der Waals surface area contributed by atoms with E-state index in [0.717, 1.165) is 43.9 Å². The Bertz CT molecular complexity index is 2600. The highest BCUT2D eigenvalue weighted by Crippen LogP contribution is 2.42. The van der Waals surface area contributed by atoms with Gasteiger partial charge in [0.15, 0.2) is 6.04 Å². The maximum absolute atomic E-state index is 15.8. The minimum Gasteiger partial charge on any atom is -0.464 e. The Kier molecular flexibility index (Phi) is 15.0. The lowest BCUT2D eigenvalue weighted by Gasteiger charge is -2.46. The zero-order valence-corrected chi connectivity index (χ0v) is 42.0. The van der Waals surface area contributed by atoms with Gasteiger partial charge in [-0.05, 0) is 75.4 Å². The van der Waals surface area contributed by atoms with Gasteiger partial charge in [-0.3, -0.25) is 29.2 Å². The highest BCUT2D eigenvalue weighted by molar-refractivity contribution is 7.10. The molecule has 6 atom stereocenters. The summed E-state index contributed by atoms with van der Waals surface area (Å²) in [6.07, 6.45) is 3.92. The van der Waals surface area contributed by atoms with E-state index < -0.39 is 72.2 Å². The van der Waals surface area contributed by atoms with Crippen LogP contribution in [0.2, 0.25) is 0 Å². The number of methoxy groups -OCH3 is 1. The predicted molar refractivity (Wildman–Crippen MR) is 259 cm³/mol. The van der Waals surface area contributed by atoms with E-state index in [1.807, 2.05) is 64.4 Å². The van der Waals surface area contributed by atoms with E-state index in [4.69, 9.17) is 14.5 Å². The Balaban J connectivity index is 1.28. The maximum atomic E-state index is 15.8. The smallest absolute Gasteiger partial charge is 0.331 e. The molecule has 4 aromatic rings. The number of aromatic nitrogens is 3. The molecule has 0 spiro atoms. The van der Waals surface area contributed by atoms with Crippen LogP contribution in [-0.2, 0) is 48.0 Å². The van der Waals surface area contributed by atoms with Gasteiger partial charge in [0.1, 0.15) is 12.1 Å². The van der Waals surface area contributed by atoms with Crippen molar-refractivity contribution in [1.29, 1.82) is 0 Å². The standard InChI is InChI=1S/C50H65F2N9O7S/c1-12-41(62)58-24-29(5)61(30(6)25-58)48(66)57(10)42(28(3)4)45(63)55-37-21-40-54-38(26-69-40)32-14-15-39-34(20-32)35(43(59(39)13-2)36-23-53-18-16-33(36)31(7)67-11)22-49(8,9)27-68-47(65)44-50(51,52)17-19-60(56-44)46(37)64/h12,14-16,18,20,23,26,28-31,37,42,44,56H,1,13,17,19,21-22,24-25,27H2,2-11H3,(H,55,63)/t29-,30-,31+,37+,42+,44-/m1/s1. The third kappa shape index (κ3) is 10.3. The number of nitrogens with zero attached hydrogens (tertiary/aromatic N) is 7. The second-order valence-corrected chi connectivity index (χ2v) is 20.6. The minimum atomic E-state index is -3.58. The molecule has 1 aromatic carbocycles. The van der Waals surface area contributed by atoms with Crippen LogP contribution in [0.3, 0.4) is 0 Å². The van der Waals surface area contributed by atoms with Gasteiger partial charge in [-0.25, -0.2) is 24.0 Å². The molecule has 2 fully saturated rings. The Hall–Kier alpha value is -5.79. The van der Waals surface area contributed by atoms with Crippen LogP contribution in [-0.4, -0.2) is 140 Å². The maximum Gasteiger partial charge on any atom is 0.331 e. The number of carbonyl (C=O) groups is 5. The van der Waals surface area contributed by atoms with Crippen LogP contribution >= 0.6 is 11.3 Å². The molecule has 2 saturated heterocycles. The number of cyclic esters (lactones) is 1. The van der Waals surface area contributed by atoms with Crippen molar-refractivity contribution in [3.8, 4) is 22.5 Å². The highest BCUT2D eigenvalue weighted by atomic mass is 32.1. The van der Waals surface area contributed by atoms with Crippen molar-refractivity contribution < 1.29 is 42.2 Å². The summed E-state index contributed by atoms with van der Waals surface area (Å²) in [4.78, 5) is 84.0. The summed E-state index contributed by atoms with van der Waals surface area (Å²) in [5, 5.41) is 7.11. The number of thiazole rings is 1. The van der Waals surface area contributed by atoms with Gasteiger partial charge in [-0.1, -0.05) is 40.3 Å². The number of piperazine rings is 1. The molecule has 16 nitrogen and oxygen atoms in total. The summed E-state index contributed by atoms with van der Waals surface area (Å²) in [5.41, 5.74) is 7.75. The summed E-state index contributed by atoms with van der Waals surface area (Å²) < 4.78 is 45.4. The second kappa shape index (κ2) is 20.3. The molecule has 69 heavy (non-hydrogen) atoms. The first-order chi connectivity index (χ1) is 32.6. The highest BCUT2D eigenvalue weighted by Gasteiger charge is 2.51. The first-order valence-corrected chi connectivity index (χ1v) is 24.4. The molecule has 6 bridgehead atoms. The number of hydrazine groups is 1. The van der Waals surface area contributed by atoms with Gasteiger partial charge in [0.25, 0.3) is 11.8 Å². The van der Waals surface area contributed by atoms with Gasteiger partial charge in [0, 0.05) is 110 Å². The monoisotopic (exact) mass is 973 g/mol. The number of fused-ring (bicyclic) bond motifs is 6. The van der Waals surface area contributed by atoms with Crippen LogP contribution in [0, 0.1) is 11.3 Å². The number of ether oxygens (including phenoxy) is 2. The lowest BCUT2D eigenvalue weighted by Crippen LogP contribution is -2.67. The number of rotatable bonds is 9. The number of carbonyl (C=O) groups excluding carboxylic acids is 5. The quantitative estimate of drug-likeness (QED) is 0.137. The summed E-state index contributed by atoms with van der Waals surface area (Å²) in [7, 11) is 3.17. The van der Waals surface area contributed by atoms with Gasteiger partial charge in [-0.2, -0.15) is 0 Å². The minimum absolute atomic E-state index is 0.131. The molecule has 3 aromatic heterocycles. The molecule has 7 rings (SSSR count). The number of alkyl halides is 2. The summed E-state index contributed by atoms with van der Waals surface area (Å²) >= 11 is 1.28. The molecule has 19 heteroatoms. The van der Waals surface area contributed by atoms with Crippen LogP contribution in [0.1, 0.15) is 84.0 Å². The van der Waals surface area contributed by atoms with Gasteiger partial charge in [-0.15, -0.1) is 11.3 Å². The molecule has 2 N–H and O–H groups in total. The molecule has 0 radical (unpaired) electrons. The molecule has 3 aliphatic rings. The number of benzene rings is 1. The third-order valence-corrected chi connectivity index (χ3v) is 14.5. The molecular weight excluding hydrogens is 909 g/mol. The van der Waals surface area contributed by atoms with Crippen molar-refractivity contribution >= 4 is 52.0 Å². The first kappa shape index (κ1) is 51.1. The van der Waals surface area contributed by atoms with Crippen LogP contribution in [0.15, 0.2) is 54.7 Å². The summed E-state index contributed by atoms with van der Waals surface area (Å²) in [5.74, 6) is -6.91. The number of hydrogen-bond acceptors (Lipinski definition) is 11. The largest absolute Gasteiger partial charge is 0.464 e. The van der Waals surface area contributed by atoms with Crippen molar-refractivity contribution in [2.45, 2.75) is 123 Å². The normalized spacial score (nSPS) is 22.7. The SMILES string of the molecule is C=CC(=O)N1C[C@@H](C)N(C(=O)N(C)[C@H](C(=O)N[C@H]2Cc3nc(cs3)-c3ccc4c(c3)c(c(-c3cnccc3[C@H](C)OC)n4CC)CC(C)(C)COC(=O)[C@H]3NN(CCC3(F)F)C2=O)C(C)C)[C@H](C)C1. The van der Waals surface area contributed by atoms with E-state index in [9.17, 15) is 24.0 Å². The van der Waals surface area contributed by atoms with E-state index in [1.165, 1.54) is 29.4 Å². The van der Waals surface area contributed by atoms with E-state index in [-0.39, 0.29) is 50.2 Å². The van der Waals surface area contributed by atoms with Gasteiger partial charge in [0.2, 0.25) is 11.8 Å². The van der Waals surface area contributed by atoms with Crippen LogP contribution in [0.4, 0.5) is 13.6 Å². The molecule has 6 heterocycles. The number of esters is 1. The van der Waals surface area contributed by atoms with Crippen molar-refractivity contribution in [2.75, 3.05) is 40.4 Å². The molecule has 3 aliphatic heterocycles. The van der Waals surface area contributed by atoms with Gasteiger partial charge in [0.05, 0.1) is 29.1 Å². The lowest BCUT2D eigenvalue weighted by molar-refractivity contribution is -0.176. The molecule has 0 aliphatic carbocycles. The fraction of sp³-hybridized carbons (Fsp3) is 0.540. The number of halogens is 2. The number of urea groups is 1. The van der Waals surface area contributed by atoms with E-state index >= 15 is 8.78 Å². The number of nitrogens with one attached hydrogen (secondary N) is 2. The third-order valence-electron chi connectivity index (χ3n) is 13.6. The molecule has 5 amide bonds. The van der Waals surface area contributed by atoms with Gasteiger partial charge >= 0.3 is 12.0 Å². The summed E-state index contributed by atoms with van der Waals surface area (Å²) in [6.45, 7) is 19.1. The van der Waals surface area contributed by atoms with E-state index in [0.29, 0.717) is 23.7 Å². The molecule has 0 unspecified atom stereocenters. The number of hydrogen-bond donors (Lipinski definition) is 2. The number of likely N-dealkylation sites (N-methyl/N-ethyl adjacent to an activating group) is 1. The fourth-order valence-corrected chi connectivity index (χ4v) is 10.9. The van der Waals surface area contributed by atoms with E-state index in [2.05, 4.69) is 39.9 Å². The average Bonchev–Trinajstić information content (AvgIpc) is 3.90. The van der Waals surface area contributed by atoms with Gasteiger partial charge < -0.3 is 34.1 Å². The van der Waals surface area contributed by atoms with Crippen LogP contribution < -0.4 is 10.7 Å². The Morgan fingerprint density at radius 1 is 1.13 bits per heavy atom. The second-order valence-electron chi connectivity index (χ2n) is 19.7. The first-order valence-electron chi connectivity index (χ1n) is 23.6. The zero-order valence-electron chi connectivity index (χ0n) is 41.2. The Labute approximate surface area is 406 Å². The summed E-state index contributed by atoms with van der Waals surface area (Å²) in [6, 6.07) is 2.18. The van der Waals surface area contributed by atoms with Crippen LogP contribution in [0.25, 0.3) is 33.4 Å². The number of pyridine rings is 1. The molecular formula is C50H65F2N9O7S. The molecule has 0 saturated carbocycles. The fourth-order valence-electron chi connectivity index (χ4n) is 10.1. The average molecular weight is 974 g/mol. The van der Waals surface area contributed by atoms with Crippen molar-refractivity contribution in [1.82, 2.24) is 45.0 Å². The topological polar surface area (TPSA) is 172 Å². The van der Waals surface area contributed by atoms with E-state index in [1.54, 1.807) is 37.0 Å². The predicted octanol–water partition coefficient (Wildman–Crippen LogP) is 6.63. The zero-order chi connectivity index (χ0) is 50.3.